The minimum Gasteiger partial charge on any atom is -0.756 e. The second-order valence-electron chi connectivity index (χ2n) is 24.5. The van der Waals surface area contributed by atoms with Crippen molar-refractivity contribution in [3.63, 3.8) is 0 Å². The second-order valence-corrected chi connectivity index (χ2v) is 25.9. The molecule has 0 saturated carbocycles. The number of likely N-dealkylation sites (N-methyl/N-ethyl adjacent to an activating group) is 1. The summed E-state index contributed by atoms with van der Waals surface area (Å²) in [6.45, 7) is 4.77. The Hall–Kier alpha value is -0.760. The quantitative estimate of drug-likeness (QED) is 0.0272. The first-order chi connectivity index (χ1) is 36.5. The van der Waals surface area contributed by atoms with Crippen molar-refractivity contribution in [2.24, 2.45) is 0 Å². The highest BCUT2D eigenvalue weighted by atomic mass is 31.2. The van der Waals surface area contributed by atoms with Crippen LogP contribution in [0.4, 0.5) is 0 Å². The maximum atomic E-state index is 13.0. The van der Waals surface area contributed by atoms with Crippen LogP contribution < -0.4 is 10.2 Å². The molecule has 448 valence electrons. The van der Waals surface area contributed by atoms with Gasteiger partial charge in [0, 0.05) is 6.42 Å². The number of nitrogens with zero attached hydrogens (tertiary/aromatic N) is 1. The van der Waals surface area contributed by atoms with Gasteiger partial charge in [0.25, 0.3) is 7.82 Å². The van der Waals surface area contributed by atoms with Crippen molar-refractivity contribution in [1.29, 1.82) is 0 Å². The molecule has 1 amide bonds. The van der Waals surface area contributed by atoms with Crippen molar-refractivity contribution in [2.45, 2.75) is 366 Å². The molecule has 0 aliphatic rings. The van der Waals surface area contributed by atoms with Gasteiger partial charge in [-0.3, -0.25) is 9.36 Å². The number of aliphatic hydroxyl groups excluding tert-OH is 1. The summed E-state index contributed by atoms with van der Waals surface area (Å²) in [5.74, 6) is -0.157. The Balaban J connectivity index is 3.82. The summed E-state index contributed by atoms with van der Waals surface area (Å²) in [4.78, 5) is 25.5. The number of phosphoric ester groups is 1. The van der Waals surface area contributed by atoms with E-state index in [0.29, 0.717) is 23.9 Å². The highest BCUT2D eigenvalue weighted by Gasteiger charge is 2.24. The number of nitrogens with one attached hydrogen (secondary N) is 1. The first kappa shape index (κ1) is 74.2. The molecule has 2 N–H and O–H groups in total. The summed E-state index contributed by atoms with van der Waals surface area (Å²) in [5.41, 5.74) is 0. The second kappa shape index (κ2) is 57.9. The molecule has 0 aromatic heterocycles. The molecule has 75 heavy (non-hydrogen) atoms. The van der Waals surface area contributed by atoms with Crippen molar-refractivity contribution in [2.75, 3.05) is 40.9 Å². The summed E-state index contributed by atoms with van der Waals surface area (Å²) < 4.78 is 23.4. The van der Waals surface area contributed by atoms with E-state index in [1.54, 1.807) is 0 Å². The van der Waals surface area contributed by atoms with Gasteiger partial charge in [0.05, 0.1) is 39.9 Å². The Kier molecular flexibility index (Phi) is 57.3. The SMILES string of the molecule is CCCCCCCCCC/C=C\CCCCCCCCCCCCCCCCCCCCCCCCCCCCCC(=O)NC(COP(=O)([O-])OCC[N+](C)(C)C)C(O)CCCCCCCCCCCCCCCC. The molecule has 0 radical (unpaired) electrons. The lowest BCUT2D eigenvalue weighted by Crippen LogP contribution is -2.46. The van der Waals surface area contributed by atoms with Gasteiger partial charge >= 0.3 is 0 Å². The molecule has 3 atom stereocenters. The normalized spacial score (nSPS) is 13.7. The third-order valence-electron chi connectivity index (χ3n) is 15.8. The van der Waals surface area contributed by atoms with Gasteiger partial charge in [-0.2, -0.15) is 0 Å². The van der Waals surface area contributed by atoms with Crippen LogP contribution in [0.5, 0.6) is 0 Å². The zero-order chi connectivity index (χ0) is 54.9. The van der Waals surface area contributed by atoms with Crippen LogP contribution in [0.1, 0.15) is 354 Å². The lowest BCUT2D eigenvalue weighted by Gasteiger charge is -2.30. The van der Waals surface area contributed by atoms with E-state index in [4.69, 9.17) is 9.05 Å². The van der Waals surface area contributed by atoms with Crippen molar-refractivity contribution >= 4 is 13.7 Å². The molecule has 3 unspecified atom stereocenters. The lowest BCUT2D eigenvalue weighted by atomic mass is 10.0. The zero-order valence-electron chi connectivity index (χ0n) is 51.3. The van der Waals surface area contributed by atoms with E-state index in [2.05, 4.69) is 31.3 Å². The molecule has 0 aromatic rings. The number of carbonyl (C=O) groups excluding carboxylic acids is 1. The Morgan fingerprint density at radius 3 is 1.04 bits per heavy atom. The first-order valence-electron chi connectivity index (χ1n) is 33.5. The number of carbonyl (C=O) groups is 1. The average Bonchev–Trinajstić information content (AvgIpc) is 3.37. The highest BCUT2D eigenvalue weighted by molar-refractivity contribution is 7.45. The summed E-state index contributed by atoms with van der Waals surface area (Å²) in [6, 6.07) is -0.796. The van der Waals surface area contributed by atoms with Gasteiger partial charge in [0.2, 0.25) is 5.91 Å². The van der Waals surface area contributed by atoms with Crippen molar-refractivity contribution in [3.05, 3.63) is 12.2 Å². The van der Waals surface area contributed by atoms with E-state index in [-0.39, 0.29) is 19.1 Å². The van der Waals surface area contributed by atoms with Gasteiger partial charge in [0.15, 0.2) is 0 Å². The zero-order valence-corrected chi connectivity index (χ0v) is 52.2. The molecule has 0 spiro atoms. The van der Waals surface area contributed by atoms with E-state index in [1.807, 2.05) is 21.1 Å². The van der Waals surface area contributed by atoms with Crippen LogP contribution in [0.25, 0.3) is 0 Å². The summed E-state index contributed by atoms with van der Waals surface area (Å²) in [5, 5.41) is 14.0. The topological polar surface area (TPSA) is 108 Å². The molecule has 0 rings (SSSR count). The lowest BCUT2D eigenvalue weighted by molar-refractivity contribution is -0.870. The third-order valence-corrected chi connectivity index (χ3v) is 16.7. The fourth-order valence-corrected chi connectivity index (χ4v) is 11.2. The van der Waals surface area contributed by atoms with E-state index < -0.39 is 20.0 Å². The largest absolute Gasteiger partial charge is 0.756 e. The van der Waals surface area contributed by atoms with Gasteiger partial charge in [-0.15, -0.1) is 0 Å². The minimum atomic E-state index is -4.57. The monoisotopic (exact) mass is 1080 g/mol. The summed E-state index contributed by atoms with van der Waals surface area (Å²) in [7, 11) is 1.32. The molecular formula is C66H133N2O6P. The number of rotatable bonds is 63. The van der Waals surface area contributed by atoms with Crippen LogP contribution in [0, 0.1) is 0 Å². The Labute approximate surface area is 469 Å². The molecule has 0 aliphatic heterocycles. The number of phosphoric acid groups is 1. The molecule has 8 nitrogen and oxygen atoms in total. The maximum absolute atomic E-state index is 13.0. The first-order valence-corrected chi connectivity index (χ1v) is 35.0. The molecule has 0 aromatic carbocycles. The summed E-state index contributed by atoms with van der Waals surface area (Å²) in [6.07, 6.45) is 73.0. The molecular weight excluding hydrogens is 948 g/mol. The number of aliphatic hydroxyl groups is 1. The van der Waals surface area contributed by atoms with E-state index in [9.17, 15) is 19.4 Å². The van der Waals surface area contributed by atoms with Crippen LogP contribution >= 0.6 is 7.82 Å². The number of hydrogen-bond acceptors (Lipinski definition) is 6. The van der Waals surface area contributed by atoms with Crippen molar-refractivity contribution in [1.82, 2.24) is 5.32 Å². The molecule has 0 bridgehead atoms. The summed E-state index contributed by atoms with van der Waals surface area (Å²) >= 11 is 0. The minimum absolute atomic E-state index is 0.0159. The van der Waals surface area contributed by atoms with Crippen molar-refractivity contribution < 1.29 is 32.9 Å². The van der Waals surface area contributed by atoms with Crippen LogP contribution in [0.3, 0.4) is 0 Å². The number of quaternary nitrogens is 1. The fraction of sp³-hybridized carbons (Fsp3) is 0.955. The third kappa shape index (κ3) is 60.7. The van der Waals surface area contributed by atoms with Gasteiger partial charge < -0.3 is 28.8 Å². The van der Waals surface area contributed by atoms with E-state index in [0.717, 1.165) is 38.5 Å². The standard InChI is InChI=1S/C66H133N2O6P/c1-6-8-10-12-14-16-18-20-22-23-24-25-26-27-28-29-30-31-32-33-34-35-36-37-38-39-40-41-42-43-44-45-46-48-50-52-54-56-58-60-66(70)67-64(63-74-75(71,72)73-62-61-68(3,4)5)65(69)59-57-55-53-51-49-47-21-19-17-15-13-11-9-7-2/h23-24,64-65,69H,6-22,25-63H2,1-5H3,(H-,67,70,71,72)/b24-23-. The number of unbranched alkanes of at least 4 members (excludes halogenated alkanes) is 48. The van der Waals surface area contributed by atoms with Gasteiger partial charge in [-0.1, -0.05) is 321 Å². The molecule has 0 aliphatic carbocycles. The van der Waals surface area contributed by atoms with Gasteiger partial charge in [0.1, 0.15) is 13.2 Å². The van der Waals surface area contributed by atoms with Gasteiger partial charge in [-0.25, -0.2) is 0 Å². The van der Waals surface area contributed by atoms with E-state index in [1.165, 1.54) is 289 Å². The number of allylic oxidation sites excluding steroid dienone is 2. The molecule has 9 heteroatoms. The number of hydrogen-bond donors (Lipinski definition) is 2. The average molecular weight is 1080 g/mol. The Morgan fingerprint density at radius 2 is 0.733 bits per heavy atom. The maximum Gasteiger partial charge on any atom is 0.268 e. The van der Waals surface area contributed by atoms with Crippen LogP contribution in [0.2, 0.25) is 0 Å². The number of amides is 1. The van der Waals surface area contributed by atoms with Crippen LogP contribution in [0.15, 0.2) is 12.2 Å². The Bertz CT molecular complexity index is 1230. The predicted octanol–water partition coefficient (Wildman–Crippen LogP) is 20.3. The molecule has 0 saturated heterocycles. The molecule has 0 heterocycles. The molecule has 0 fully saturated rings. The van der Waals surface area contributed by atoms with E-state index >= 15 is 0 Å². The fourth-order valence-electron chi connectivity index (χ4n) is 10.5. The smallest absolute Gasteiger partial charge is 0.268 e. The van der Waals surface area contributed by atoms with Gasteiger partial charge in [-0.05, 0) is 38.5 Å². The predicted molar refractivity (Wildman–Crippen MR) is 326 cm³/mol. The van der Waals surface area contributed by atoms with Crippen molar-refractivity contribution in [3.8, 4) is 0 Å². The Morgan fingerprint density at radius 1 is 0.453 bits per heavy atom. The van der Waals surface area contributed by atoms with Crippen LogP contribution in [-0.2, 0) is 18.4 Å². The highest BCUT2D eigenvalue weighted by Crippen LogP contribution is 2.38. The van der Waals surface area contributed by atoms with Crippen LogP contribution in [-0.4, -0.2) is 68.5 Å².